The highest BCUT2D eigenvalue weighted by atomic mass is 15.1. The summed E-state index contributed by atoms with van der Waals surface area (Å²) in [6, 6.07) is 8.53. The number of aromatic nitrogens is 2. The van der Waals surface area contributed by atoms with Crippen molar-refractivity contribution in [2.45, 2.75) is 26.8 Å². The van der Waals surface area contributed by atoms with Crippen molar-refractivity contribution in [3.8, 4) is 0 Å². The standard InChI is InChI=1S/C13H17N3/c1-9-5-4-6-12(10(9)2)15-11(3)13-7-8-14-16-13/h4-8,11,15H,1-3H3,(H,14,16). The van der Waals surface area contributed by atoms with Gasteiger partial charge < -0.3 is 5.32 Å². The lowest BCUT2D eigenvalue weighted by atomic mass is 10.1. The summed E-state index contributed by atoms with van der Waals surface area (Å²) in [5.74, 6) is 0. The Hall–Kier alpha value is -1.77. The molecule has 0 bridgehead atoms. The van der Waals surface area contributed by atoms with Gasteiger partial charge >= 0.3 is 0 Å². The van der Waals surface area contributed by atoms with Gasteiger partial charge in [-0.3, -0.25) is 5.10 Å². The average Bonchev–Trinajstić information content (AvgIpc) is 2.78. The predicted octanol–water partition coefficient (Wildman–Crippen LogP) is 3.20. The van der Waals surface area contributed by atoms with Gasteiger partial charge in [0.25, 0.3) is 0 Å². The average molecular weight is 215 g/mol. The number of rotatable bonds is 3. The fraction of sp³-hybridized carbons (Fsp3) is 0.308. The van der Waals surface area contributed by atoms with Gasteiger partial charge in [0.2, 0.25) is 0 Å². The number of H-pyrrole nitrogens is 1. The van der Waals surface area contributed by atoms with E-state index in [0.717, 1.165) is 5.69 Å². The molecule has 1 aromatic heterocycles. The fourth-order valence-corrected chi connectivity index (χ4v) is 1.73. The molecular formula is C13H17N3. The molecular weight excluding hydrogens is 198 g/mol. The highest BCUT2D eigenvalue weighted by Crippen LogP contribution is 2.22. The second-order valence-electron chi connectivity index (χ2n) is 4.13. The third-order valence-corrected chi connectivity index (χ3v) is 2.97. The van der Waals surface area contributed by atoms with E-state index in [1.165, 1.54) is 16.8 Å². The maximum absolute atomic E-state index is 3.96. The SMILES string of the molecule is Cc1cccc(NC(C)c2ccn[nH]2)c1C. The minimum atomic E-state index is 0.239. The van der Waals surface area contributed by atoms with Crippen LogP contribution in [0.1, 0.15) is 29.8 Å². The zero-order valence-corrected chi connectivity index (χ0v) is 9.91. The molecule has 0 saturated heterocycles. The van der Waals surface area contributed by atoms with E-state index >= 15 is 0 Å². The second-order valence-corrected chi connectivity index (χ2v) is 4.13. The number of hydrogen-bond acceptors (Lipinski definition) is 2. The molecule has 2 rings (SSSR count). The van der Waals surface area contributed by atoms with E-state index in [0.29, 0.717) is 0 Å². The molecule has 0 fully saturated rings. The Bertz CT molecular complexity index is 460. The Morgan fingerprint density at radius 2 is 2.06 bits per heavy atom. The number of nitrogens with zero attached hydrogens (tertiary/aromatic N) is 1. The highest BCUT2D eigenvalue weighted by Gasteiger charge is 2.08. The van der Waals surface area contributed by atoms with Crippen molar-refractivity contribution in [2.75, 3.05) is 5.32 Å². The van der Waals surface area contributed by atoms with E-state index in [2.05, 4.69) is 54.5 Å². The molecule has 3 heteroatoms. The molecule has 16 heavy (non-hydrogen) atoms. The summed E-state index contributed by atoms with van der Waals surface area (Å²) >= 11 is 0. The molecule has 2 aromatic rings. The molecule has 0 aliphatic heterocycles. The highest BCUT2D eigenvalue weighted by molar-refractivity contribution is 5.54. The lowest BCUT2D eigenvalue weighted by molar-refractivity contribution is 0.824. The second kappa shape index (κ2) is 4.39. The molecule has 0 spiro atoms. The van der Waals surface area contributed by atoms with E-state index in [4.69, 9.17) is 0 Å². The molecule has 1 unspecified atom stereocenters. The van der Waals surface area contributed by atoms with Gasteiger partial charge in [-0.25, -0.2) is 0 Å². The summed E-state index contributed by atoms with van der Waals surface area (Å²) in [6.07, 6.45) is 1.77. The number of anilines is 1. The Labute approximate surface area is 95.9 Å². The normalized spacial score (nSPS) is 12.4. The molecule has 2 N–H and O–H groups in total. The van der Waals surface area contributed by atoms with Crippen molar-refractivity contribution in [3.05, 3.63) is 47.3 Å². The maximum Gasteiger partial charge on any atom is 0.0651 e. The molecule has 1 atom stereocenters. The lowest BCUT2D eigenvalue weighted by Crippen LogP contribution is -2.08. The van der Waals surface area contributed by atoms with Crippen LogP contribution in [-0.4, -0.2) is 10.2 Å². The van der Waals surface area contributed by atoms with E-state index in [1.54, 1.807) is 6.20 Å². The Morgan fingerprint density at radius 1 is 1.25 bits per heavy atom. The quantitative estimate of drug-likeness (QED) is 0.825. The van der Waals surface area contributed by atoms with Crippen molar-refractivity contribution < 1.29 is 0 Å². The van der Waals surface area contributed by atoms with Crippen molar-refractivity contribution >= 4 is 5.69 Å². The van der Waals surface area contributed by atoms with Crippen LogP contribution in [0.3, 0.4) is 0 Å². The van der Waals surface area contributed by atoms with E-state index in [1.807, 2.05) is 6.07 Å². The van der Waals surface area contributed by atoms with Crippen LogP contribution >= 0.6 is 0 Å². The van der Waals surface area contributed by atoms with Crippen molar-refractivity contribution in [2.24, 2.45) is 0 Å². The van der Waals surface area contributed by atoms with Crippen molar-refractivity contribution in [1.29, 1.82) is 0 Å². The van der Waals surface area contributed by atoms with Crippen molar-refractivity contribution in [3.63, 3.8) is 0 Å². The van der Waals surface area contributed by atoms with Crippen LogP contribution in [0, 0.1) is 13.8 Å². The van der Waals surface area contributed by atoms with E-state index < -0.39 is 0 Å². The first kappa shape index (κ1) is 10.7. The first-order valence-electron chi connectivity index (χ1n) is 5.50. The number of aromatic amines is 1. The molecule has 84 valence electrons. The Balaban J connectivity index is 2.18. The summed E-state index contributed by atoms with van der Waals surface area (Å²) < 4.78 is 0. The molecule has 0 amide bonds. The van der Waals surface area contributed by atoms with E-state index in [9.17, 15) is 0 Å². The minimum Gasteiger partial charge on any atom is -0.377 e. The zero-order valence-electron chi connectivity index (χ0n) is 9.91. The third kappa shape index (κ3) is 2.08. The number of benzene rings is 1. The number of hydrogen-bond donors (Lipinski definition) is 2. The Kier molecular flexibility index (Phi) is 2.95. The number of aryl methyl sites for hydroxylation is 1. The van der Waals surface area contributed by atoms with Gasteiger partial charge in [-0.1, -0.05) is 12.1 Å². The molecule has 0 radical (unpaired) electrons. The van der Waals surface area contributed by atoms with Crippen LogP contribution < -0.4 is 5.32 Å². The largest absolute Gasteiger partial charge is 0.377 e. The van der Waals surface area contributed by atoms with E-state index in [-0.39, 0.29) is 6.04 Å². The van der Waals surface area contributed by atoms with Gasteiger partial charge in [-0.15, -0.1) is 0 Å². The summed E-state index contributed by atoms with van der Waals surface area (Å²) in [6.45, 7) is 6.38. The smallest absolute Gasteiger partial charge is 0.0651 e. The number of nitrogens with one attached hydrogen (secondary N) is 2. The van der Waals surface area contributed by atoms with Gasteiger partial charge in [0.15, 0.2) is 0 Å². The summed E-state index contributed by atoms with van der Waals surface area (Å²) in [7, 11) is 0. The van der Waals surface area contributed by atoms with Crippen LogP contribution in [0.15, 0.2) is 30.5 Å². The first-order valence-corrected chi connectivity index (χ1v) is 5.50. The van der Waals surface area contributed by atoms with Gasteiger partial charge in [-0.2, -0.15) is 5.10 Å². The van der Waals surface area contributed by atoms with Gasteiger partial charge in [0.1, 0.15) is 0 Å². The summed E-state index contributed by atoms with van der Waals surface area (Å²) in [4.78, 5) is 0. The third-order valence-electron chi connectivity index (χ3n) is 2.97. The summed E-state index contributed by atoms with van der Waals surface area (Å²) in [5, 5.41) is 10.4. The van der Waals surface area contributed by atoms with Crippen LogP contribution in [0.4, 0.5) is 5.69 Å². The molecule has 0 aliphatic rings. The molecule has 1 aromatic carbocycles. The van der Waals surface area contributed by atoms with Gasteiger partial charge in [-0.05, 0) is 44.0 Å². The predicted molar refractivity (Wildman–Crippen MR) is 66.5 cm³/mol. The van der Waals surface area contributed by atoms with Crippen molar-refractivity contribution in [1.82, 2.24) is 10.2 Å². The molecule has 0 saturated carbocycles. The summed E-state index contributed by atoms with van der Waals surface area (Å²) in [5.41, 5.74) is 4.89. The maximum atomic E-state index is 3.96. The Morgan fingerprint density at radius 3 is 2.75 bits per heavy atom. The van der Waals surface area contributed by atoms with Crippen LogP contribution in [-0.2, 0) is 0 Å². The fourth-order valence-electron chi connectivity index (χ4n) is 1.73. The van der Waals surface area contributed by atoms with Crippen LogP contribution in [0.2, 0.25) is 0 Å². The van der Waals surface area contributed by atoms with Gasteiger partial charge in [0.05, 0.1) is 11.7 Å². The van der Waals surface area contributed by atoms with Crippen LogP contribution in [0.25, 0.3) is 0 Å². The molecule has 0 aliphatic carbocycles. The zero-order chi connectivity index (χ0) is 11.5. The first-order chi connectivity index (χ1) is 7.68. The van der Waals surface area contributed by atoms with Gasteiger partial charge in [0, 0.05) is 11.9 Å². The molecule has 1 heterocycles. The monoisotopic (exact) mass is 215 g/mol. The topological polar surface area (TPSA) is 40.7 Å². The lowest BCUT2D eigenvalue weighted by Gasteiger charge is -2.16. The minimum absolute atomic E-state index is 0.239. The molecule has 3 nitrogen and oxygen atoms in total. The van der Waals surface area contributed by atoms with Crippen LogP contribution in [0.5, 0.6) is 0 Å².